The third-order valence-corrected chi connectivity index (χ3v) is 4.64. The van der Waals surface area contributed by atoms with E-state index in [1.165, 1.54) is 30.6 Å². The quantitative estimate of drug-likeness (QED) is 0.920. The number of piperidine rings is 1. The van der Waals surface area contributed by atoms with Crippen LogP contribution in [0.4, 0.5) is 5.82 Å². The van der Waals surface area contributed by atoms with E-state index in [0.29, 0.717) is 12.0 Å². The van der Waals surface area contributed by atoms with Crippen LogP contribution in [0.5, 0.6) is 0 Å². The van der Waals surface area contributed by atoms with E-state index in [-0.39, 0.29) is 0 Å². The molecular formula is C18H27N5. The van der Waals surface area contributed by atoms with E-state index in [4.69, 9.17) is 0 Å². The average Bonchev–Trinajstić information content (AvgIpc) is 3.03. The van der Waals surface area contributed by atoms with Gasteiger partial charge < -0.3 is 5.32 Å². The molecule has 1 atom stereocenters. The molecule has 1 aliphatic heterocycles. The van der Waals surface area contributed by atoms with Crippen LogP contribution in [0, 0.1) is 0 Å². The first kappa shape index (κ1) is 16.0. The third kappa shape index (κ3) is 3.72. The van der Waals surface area contributed by atoms with Gasteiger partial charge in [0.25, 0.3) is 0 Å². The molecule has 124 valence electrons. The molecule has 0 aromatic carbocycles. The monoisotopic (exact) mass is 313 g/mol. The first-order valence-electron chi connectivity index (χ1n) is 8.56. The second-order valence-electron chi connectivity index (χ2n) is 6.66. The summed E-state index contributed by atoms with van der Waals surface area (Å²) in [7, 11) is 1.92. The normalized spacial score (nSPS) is 19.2. The van der Waals surface area contributed by atoms with Crippen LogP contribution in [0.3, 0.4) is 0 Å². The van der Waals surface area contributed by atoms with Crippen LogP contribution in [-0.4, -0.2) is 39.8 Å². The van der Waals surface area contributed by atoms with Crippen molar-refractivity contribution >= 4 is 5.82 Å². The van der Waals surface area contributed by atoms with E-state index in [2.05, 4.69) is 57.0 Å². The van der Waals surface area contributed by atoms with Gasteiger partial charge in [0.05, 0.1) is 5.69 Å². The van der Waals surface area contributed by atoms with Gasteiger partial charge in [0.1, 0.15) is 5.82 Å². The molecule has 2 aromatic rings. The molecule has 3 rings (SSSR count). The Bertz CT molecular complexity index is 634. The molecule has 0 saturated carbocycles. The van der Waals surface area contributed by atoms with Crippen molar-refractivity contribution < 1.29 is 0 Å². The highest BCUT2D eigenvalue weighted by Gasteiger charge is 2.22. The van der Waals surface area contributed by atoms with Crippen LogP contribution in [-0.2, 0) is 6.54 Å². The molecule has 2 aromatic heterocycles. The first-order chi connectivity index (χ1) is 11.2. The van der Waals surface area contributed by atoms with Gasteiger partial charge in [0, 0.05) is 38.6 Å². The average molecular weight is 313 g/mol. The van der Waals surface area contributed by atoms with Crippen LogP contribution in [0.15, 0.2) is 30.6 Å². The molecule has 5 nitrogen and oxygen atoms in total. The SMILES string of the molecule is CNc1cc([C@H]2CCCN(Cc3ccnn3C(C)C)C2)ccn1. The maximum Gasteiger partial charge on any atom is 0.125 e. The Morgan fingerprint density at radius 3 is 2.96 bits per heavy atom. The van der Waals surface area contributed by atoms with Gasteiger partial charge in [-0.1, -0.05) is 0 Å². The zero-order chi connectivity index (χ0) is 16.2. The molecule has 0 amide bonds. The second-order valence-corrected chi connectivity index (χ2v) is 6.66. The van der Waals surface area contributed by atoms with Gasteiger partial charge in [-0.2, -0.15) is 5.10 Å². The van der Waals surface area contributed by atoms with Crippen molar-refractivity contribution in [3.8, 4) is 0 Å². The maximum atomic E-state index is 4.45. The summed E-state index contributed by atoms with van der Waals surface area (Å²) in [5.74, 6) is 1.55. The Morgan fingerprint density at radius 2 is 2.17 bits per heavy atom. The standard InChI is InChI=1S/C18H27N5/c1-14(2)23-17(7-9-21-23)13-22-10-4-5-16(12-22)15-6-8-20-18(11-15)19-3/h6-9,11,14,16H,4-5,10,12-13H2,1-3H3,(H,19,20)/t16-/m0/s1. The Hall–Kier alpha value is -1.88. The molecule has 23 heavy (non-hydrogen) atoms. The van der Waals surface area contributed by atoms with Gasteiger partial charge in [-0.15, -0.1) is 0 Å². The number of rotatable bonds is 5. The van der Waals surface area contributed by atoms with E-state index in [1.807, 2.05) is 19.4 Å². The van der Waals surface area contributed by atoms with Crippen molar-refractivity contribution in [1.82, 2.24) is 19.7 Å². The lowest BCUT2D eigenvalue weighted by Crippen LogP contribution is -2.34. The summed E-state index contributed by atoms with van der Waals surface area (Å²) >= 11 is 0. The van der Waals surface area contributed by atoms with Gasteiger partial charge in [0.15, 0.2) is 0 Å². The molecule has 0 spiro atoms. The summed E-state index contributed by atoms with van der Waals surface area (Å²) in [5, 5.41) is 7.59. The highest BCUT2D eigenvalue weighted by atomic mass is 15.3. The Balaban J connectivity index is 1.69. The molecule has 0 aliphatic carbocycles. The summed E-state index contributed by atoms with van der Waals surface area (Å²) in [6.45, 7) is 7.64. The second kappa shape index (κ2) is 7.13. The van der Waals surface area contributed by atoms with E-state index in [1.54, 1.807) is 0 Å². The van der Waals surface area contributed by atoms with Crippen molar-refractivity contribution in [2.45, 2.75) is 45.2 Å². The molecule has 1 aliphatic rings. The number of hydrogen-bond donors (Lipinski definition) is 1. The smallest absolute Gasteiger partial charge is 0.125 e. The van der Waals surface area contributed by atoms with Gasteiger partial charge in [-0.3, -0.25) is 9.58 Å². The van der Waals surface area contributed by atoms with Crippen LogP contribution in [0.2, 0.25) is 0 Å². The molecule has 0 bridgehead atoms. The number of aromatic nitrogens is 3. The molecule has 3 heterocycles. The highest BCUT2D eigenvalue weighted by Crippen LogP contribution is 2.28. The lowest BCUT2D eigenvalue weighted by atomic mass is 9.91. The highest BCUT2D eigenvalue weighted by molar-refractivity contribution is 5.38. The zero-order valence-electron chi connectivity index (χ0n) is 14.4. The predicted octanol–water partition coefficient (Wildman–Crippen LogP) is 3.28. The summed E-state index contributed by atoms with van der Waals surface area (Å²) in [5.41, 5.74) is 2.71. The number of nitrogens with zero attached hydrogens (tertiary/aromatic N) is 4. The van der Waals surface area contributed by atoms with E-state index in [0.717, 1.165) is 18.9 Å². The third-order valence-electron chi connectivity index (χ3n) is 4.64. The van der Waals surface area contributed by atoms with Crippen LogP contribution >= 0.6 is 0 Å². The maximum absolute atomic E-state index is 4.45. The van der Waals surface area contributed by atoms with Crippen LogP contribution < -0.4 is 5.32 Å². The molecule has 1 saturated heterocycles. The number of nitrogens with one attached hydrogen (secondary N) is 1. The van der Waals surface area contributed by atoms with Gasteiger partial charge in [-0.25, -0.2) is 4.98 Å². The molecule has 1 N–H and O–H groups in total. The van der Waals surface area contributed by atoms with Crippen LogP contribution in [0.25, 0.3) is 0 Å². The lowest BCUT2D eigenvalue weighted by Gasteiger charge is -2.33. The summed E-state index contributed by atoms with van der Waals surface area (Å²) in [6, 6.07) is 6.91. The van der Waals surface area contributed by atoms with Crippen molar-refractivity contribution in [2.24, 2.45) is 0 Å². The van der Waals surface area contributed by atoms with E-state index < -0.39 is 0 Å². The van der Waals surface area contributed by atoms with Crippen molar-refractivity contribution in [3.05, 3.63) is 41.9 Å². The molecular weight excluding hydrogens is 286 g/mol. The minimum Gasteiger partial charge on any atom is -0.373 e. The van der Waals surface area contributed by atoms with E-state index in [9.17, 15) is 0 Å². The minimum absolute atomic E-state index is 0.416. The molecule has 0 radical (unpaired) electrons. The number of pyridine rings is 1. The minimum atomic E-state index is 0.416. The Labute approximate surface area is 138 Å². The number of hydrogen-bond acceptors (Lipinski definition) is 4. The van der Waals surface area contributed by atoms with Crippen molar-refractivity contribution in [2.75, 3.05) is 25.5 Å². The summed E-state index contributed by atoms with van der Waals surface area (Å²) in [4.78, 5) is 6.89. The number of anilines is 1. The topological polar surface area (TPSA) is 46.0 Å². The summed E-state index contributed by atoms with van der Waals surface area (Å²) < 4.78 is 2.13. The van der Waals surface area contributed by atoms with Gasteiger partial charge >= 0.3 is 0 Å². The fourth-order valence-electron chi connectivity index (χ4n) is 3.47. The van der Waals surface area contributed by atoms with Crippen molar-refractivity contribution in [3.63, 3.8) is 0 Å². The molecule has 5 heteroatoms. The largest absolute Gasteiger partial charge is 0.373 e. The van der Waals surface area contributed by atoms with Crippen LogP contribution in [0.1, 0.15) is 49.9 Å². The Kier molecular flexibility index (Phi) is 4.96. The van der Waals surface area contributed by atoms with E-state index >= 15 is 0 Å². The van der Waals surface area contributed by atoms with Gasteiger partial charge in [0.2, 0.25) is 0 Å². The molecule has 1 fully saturated rings. The van der Waals surface area contributed by atoms with Gasteiger partial charge in [-0.05, 0) is 62.9 Å². The predicted molar refractivity (Wildman–Crippen MR) is 93.6 cm³/mol. The number of likely N-dealkylation sites (tertiary alicyclic amines) is 1. The fraction of sp³-hybridized carbons (Fsp3) is 0.556. The lowest BCUT2D eigenvalue weighted by molar-refractivity contribution is 0.194. The van der Waals surface area contributed by atoms with Crippen molar-refractivity contribution in [1.29, 1.82) is 0 Å². The molecule has 0 unspecified atom stereocenters. The summed E-state index contributed by atoms with van der Waals surface area (Å²) in [6.07, 6.45) is 6.33. The fourth-order valence-corrected chi connectivity index (χ4v) is 3.47. The zero-order valence-corrected chi connectivity index (χ0v) is 14.4. The first-order valence-corrected chi connectivity index (χ1v) is 8.56. The Morgan fingerprint density at radius 1 is 1.30 bits per heavy atom.